The van der Waals surface area contributed by atoms with Crippen LogP contribution in [0.1, 0.15) is 90.2 Å². The number of aromatic nitrogens is 2. The van der Waals surface area contributed by atoms with Gasteiger partial charge in [0.15, 0.2) is 5.67 Å². The molecule has 7 rings (SSSR count). The van der Waals surface area contributed by atoms with Crippen LogP contribution in [0.4, 0.5) is 4.39 Å². The first kappa shape index (κ1) is 49.0. The molecule has 6 bridgehead atoms. The Kier molecular flexibility index (Phi) is 14.7. The van der Waals surface area contributed by atoms with Crippen LogP contribution in [0.25, 0.3) is 33.3 Å². The number of rotatable bonds is 10. The zero-order chi connectivity index (χ0) is 48.4. The quantitative estimate of drug-likeness (QED) is 0.130. The van der Waals surface area contributed by atoms with E-state index in [1.165, 1.54) is 17.0 Å². The fourth-order valence-corrected chi connectivity index (χ4v) is 10.0. The summed E-state index contributed by atoms with van der Waals surface area (Å²) in [5.41, 5.74) is 7.89. The highest BCUT2D eigenvalue weighted by molar-refractivity contribution is 5.96. The molecule has 14 nitrogen and oxygen atoms in total. The number of aryl methyl sites for hydroxylation is 1. The molecule has 67 heavy (non-hydrogen) atoms. The number of amides is 4. The predicted octanol–water partition coefficient (Wildman–Crippen LogP) is 6.75. The minimum Gasteiger partial charge on any atom is -0.464 e. The number of ether oxygens (including phenoxy) is 2. The zero-order valence-electron chi connectivity index (χ0n) is 40.2. The Morgan fingerprint density at radius 1 is 1.06 bits per heavy atom. The fourth-order valence-electron chi connectivity index (χ4n) is 10.0. The van der Waals surface area contributed by atoms with E-state index in [9.17, 15) is 24.0 Å². The van der Waals surface area contributed by atoms with Crippen molar-refractivity contribution in [3.05, 3.63) is 90.3 Å². The number of likely N-dealkylation sites (tertiary alicyclic amines) is 1. The molecule has 2 fully saturated rings. The van der Waals surface area contributed by atoms with E-state index in [0.717, 1.165) is 61.1 Å². The number of likely N-dealkylation sites (N-methyl/N-ethyl adjacent to an activating group) is 1. The monoisotopic (exact) mass is 920 g/mol. The first-order valence-electron chi connectivity index (χ1n) is 23.5. The Bertz CT molecular complexity index is 2530. The number of benzene rings is 2. The van der Waals surface area contributed by atoms with Gasteiger partial charge in [-0.25, -0.2) is 9.82 Å². The van der Waals surface area contributed by atoms with E-state index in [1.807, 2.05) is 37.3 Å². The maximum atomic E-state index is 16.4. The predicted molar refractivity (Wildman–Crippen MR) is 255 cm³/mol. The summed E-state index contributed by atoms with van der Waals surface area (Å²) in [6, 6.07) is 15.2. The van der Waals surface area contributed by atoms with Gasteiger partial charge in [-0.2, -0.15) is 0 Å². The summed E-state index contributed by atoms with van der Waals surface area (Å²) in [4.78, 5) is 76.7. The lowest BCUT2D eigenvalue weighted by Crippen LogP contribution is -2.63. The molecule has 0 spiro atoms. The highest BCUT2D eigenvalue weighted by atomic mass is 19.1. The molecule has 2 N–H and O–H groups in total. The second-order valence-corrected chi connectivity index (χ2v) is 19.4. The molecule has 2 aromatic heterocycles. The van der Waals surface area contributed by atoms with E-state index in [2.05, 4.69) is 66.9 Å². The Labute approximate surface area is 393 Å². The molecule has 4 amide bonds. The fraction of sp³-hybridized carbons (Fsp3) is 0.500. The molecule has 4 aromatic rings. The normalized spacial score (nSPS) is 20.7. The standard InChI is InChI=1S/C52H66FN7O7/c1-10-43(61)58-25-21-52(53,22-26-58)50(65)57(8)45(32(3)4)47(62)55-41-28-34-15-12-16-35(27-34)36-19-20-42-38(29-36)39(46(59(42)11-2)37-17-13-23-54-44(37)33(5)66-9)30-51(6,7)31-67-49(64)40-18-14-24-60(56-40)48(41)63/h10,12-13,15-17,19-20,23,27,29,32-33,40-41,45,56H,1,11,14,18,21-22,24-26,28,30-31H2,2-9H3,(H,55,62)/t33?,40-,41?,45?/m0/s1. The largest absolute Gasteiger partial charge is 0.464 e. The minimum absolute atomic E-state index is 0.0340. The lowest BCUT2D eigenvalue weighted by molar-refractivity contribution is -0.156. The van der Waals surface area contributed by atoms with Crippen LogP contribution in [-0.4, -0.2) is 118 Å². The summed E-state index contributed by atoms with van der Waals surface area (Å²) in [7, 11) is 3.08. The van der Waals surface area contributed by atoms with Crippen LogP contribution in [0.15, 0.2) is 73.4 Å². The van der Waals surface area contributed by atoms with Crippen molar-refractivity contribution in [2.24, 2.45) is 11.3 Å². The first-order valence-corrected chi connectivity index (χ1v) is 23.5. The number of carbonyl (C=O) groups excluding carboxylic acids is 5. The van der Waals surface area contributed by atoms with Gasteiger partial charge < -0.3 is 29.2 Å². The maximum Gasteiger partial charge on any atom is 0.324 e. The van der Waals surface area contributed by atoms with Gasteiger partial charge >= 0.3 is 5.97 Å². The molecule has 0 aliphatic carbocycles. The molecule has 0 radical (unpaired) electrons. The molecule has 2 saturated heterocycles. The van der Waals surface area contributed by atoms with Crippen molar-refractivity contribution in [1.82, 2.24) is 35.1 Å². The average Bonchev–Trinajstić information content (AvgIpc) is 3.63. The summed E-state index contributed by atoms with van der Waals surface area (Å²) in [6.07, 6.45) is 3.82. The number of nitrogens with zero attached hydrogens (tertiary/aromatic N) is 5. The van der Waals surface area contributed by atoms with Gasteiger partial charge in [0.1, 0.15) is 18.1 Å². The second-order valence-electron chi connectivity index (χ2n) is 19.4. The minimum atomic E-state index is -2.29. The van der Waals surface area contributed by atoms with E-state index in [4.69, 9.17) is 14.5 Å². The van der Waals surface area contributed by atoms with Crippen molar-refractivity contribution in [2.75, 3.05) is 40.4 Å². The number of carbonyl (C=O) groups is 5. The Morgan fingerprint density at radius 3 is 2.48 bits per heavy atom. The van der Waals surface area contributed by atoms with Crippen molar-refractivity contribution in [1.29, 1.82) is 0 Å². The summed E-state index contributed by atoms with van der Waals surface area (Å²) in [5, 5.41) is 5.41. The lowest BCUT2D eigenvalue weighted by Gasteiger charge is -2.40. The molecule has 3 aliphatic rings. The van der Waals surface area contributed by atoms with Gasteiger partial charge in [0.05, 0.1) is 24.1 Å². The topological polar surface area (TPSA) is 155 Å². The van der Waals surface area contributed by atoms with Crippen molar-refractivity contribution in [2.45, 2.75) is 117 Å². The summed E-state index contributed by atoms with van der Waals surface area (Å²) in [6.45, 7) is 16.5. The van der Waals surface area contributed by atoms with Gasteiger partial charge in [0.25, 0.3) is 11.8 Å². The number of pyridine rings is 1. The van der Waals surface area contributed by atoms with Gasteiger partial charge in [0, 0.05) is 87.7 Å². The lowest BCUT2D eigenvalue weighted by atomic mass is 9.84. The summed E-state index contributed by atoms with van der Waals surface area (Å²) < 4.78 is 30.7. The third-order valence-corrected chi connectivity index (χ3v) is 13.7. The molecule has 3 aliphatic heterocycles. The first-order chi connectivity index (χ1) is 31.9. The van der Waals surface area contributed by atoms with Gasteiger partial charge in [-0.05, 0) is 91.6 Å². The van der Waals surface area contributed by atoms with Crippen molar-refractivity contribution >= 4 is 40.5 Å². The smallest absolute Gasteiger partial charge is 0.324 e. The number of cyclic esters (lactones) is 1. The third-order valence-electron chi connectivity index (χ3n) is 13.7. The van der Waals surface area contributed by atoms with Crippen molar-refractivity contribution in [3.63, 3.8) is 0 Å². The van der Waals surface area contributed by atoms with Crippen LogP contribution in [-0.2, 0) is 52.8 Å². The van der Waals surface area contributed by atoms with Crippen molar-refractivity contribution < 1.29 is 37.8 Å². The highest BCUT2D eigenvalue weighted by Gasteiger charge is 2.47. The number of hydrazine groups is 1. The molecule has 358 valence electrons. The van der Waals surface area contributed by atoms with E-state index in [-0.39, 0.29) is 57.5 Å². The summed E-state index contributed by atoms with van der Waals surface area (Å²) in [5.74, 6) is -3.23. The number of esters is 1. The summed E-state index contributed by atoms with van der Waals surface area (Å²) >= 11 is 0. The van der Waals surface area contributed by atoms with Crippen LogP contribution in [0.3, 0.4) is 0 Å². The Balaban J connectivity index is 1.28. The number of alkyl halides is 1. The van der Waals surface area contributed by atoms with Gasteiger partial charge in [-0.1, -0.05) is 64.6 Å². The number of methoxy groups -OCH3 is 1. The molecule has 5 heterocycles. The van der Waals surface area contributed by atoms with Crippen LogP contribution >= 0.6 is 0 Å². The van der Waals surface area contributed by atoms with Crippen molar-refractivity contribution in [3.8, 4) is 22.4 Å². The van der Waals surface area contributed by atoms with E-state index in [0.29, 0.717) is 25.8 Å². The number of halogens is 1. The van der Waals surface area contributed by atoms with Gasteiger partial charge in [-0.3, -0.25) is 34.0 Å². The maximum absolute atomic E-state index is 16.4. The molecule has 3 unspecified atom stereocenters. The SMILES string of the molecule is C=CC(=O)N1CCC(F)(C(=O)N(C)C(C(=O)NC2Cc3cccc(c3)-c3ccc4c(c3)c(c(-c3cccnc3C(C)OC)n4CC)CC(C)(C)COC(=O)[C@@H]3CCCN(N3)C2=O)C(C)C)CC1. The molecular formula is C52H66FN7O7. The zero-order valence-corrected chi connectivity index (χ0v) is 40.2. The Morgan fingerprint density at radius 2 is 1.79 bits per heavy atom. The molecular weight excluding hydrogens is 854 g/mol. The van der Waals surface area contributed by atoms with Crippen LogP contribution in [0.5, 0.6) is 0 Å². The number of fused-ring (bicyclic) bond motifs is 6. The second kappa shape index (κ2) is 20.1. The van der Waals surface area contributed by atoms with E-state index in [1.54, 1.807) is 27.2 Å². The van der Waals surface area contributed by atoms with Gasteiger partial charge in [-0.15, -0.1) is 0 Å². The highest BCUT2D eigenvalue weighted by Crippen LogP contribution is 2.42. The van der Waals surface area contributed by atoms with E-state index < -0.39 is 58.8 Å². The molecule has 0 saturated carbocycles. The Hall–Kier alpha value is -5.93. The third kappa shape index (κ3) is 10.2. The van der Waals surface area contributed by atoms with Crippen LogP contribution in [0.2, 0.25) is 0 Å². The molecule has 2 aromatic carbocycles. The van der Waals surface area contributed by atoms with Crippen LogP contribution in [0, 0.1) is 11.3 Å². The molecule has 15 heteroatoms. The average molecular weight is 920 g/mol. The van der Waals surface area contributed by atoms with E-state index >= 15 is 4.39 Å². The number of nitrogens with one attached hydrogen (secondary N) is 2. The van der Waals surface area contributed by atoms with Gasteiger partial charge in [0.2, 0.25) is 11.8 Å². The number of hydrogen-bond donors (Lipinski definition) is 2. The molecule has 4 atom stereocenters. The number of hydrogen-bond acceptors (Lipinski definition) is 9. The van der Waals surface area contributed by atoms with Crippen LogP contribution < -0.4 is 10.7 Å². The number of piperidine rings is 1.